The van der Waals surface area contributed by atoms with Crippen molar-refractivity contribution in [1.29, 1.82) is 0 Å². The van der Waals surface area contributed by atoms with Gasteiger partial charge in [0.05, 0.1) is 19.2 Å². The zero-order chi connectivity index (χ0) is 13.8. The monoisotopic (exact) mass is 259 g/mol. The number of benzene rings is 1. The van der Waals surface area contributed by atoms with E-state index in [1.807, 2.05) is 19.1 Å². The number of pyridine rings is 1. The van der Waals surface area contributed by atoms with Gasteiger partial charge in [0.1, 0.15) is 0 Å². The van der Waals surface area contributed by atoms with E-state index in [2.05, 4.69) is 4.98 Å². The maximum Gasteiger partial charge on any atom is 0.168 e. The predicted octanol–water partition coefficient (Wildman–Crippen LogP) is 2.96. The Kier molecular flexibility index (Phi) is 3.90. The molecule has 0 atom stereocenters. The molecule has 3 nitrogen and oxygen atoms in total. The first kappa shape index (κ1) is 13.2. The highest BCUT2D eigenvalue weighted by Crippen LogP contribution is 2.19. The van der Waals surface area contributed by atoms with E-state index >= 15 is 0 Å². The highest BCUT2D eigenvalue weighted by molar-refractivity contribution is 5.97. The number of hydrogen-bond acceptors (Lipinski definition) is 3. The van der Waals surface area contributed by atoms with Crippen LogP contribution < -0.4 is 4.74 Å². The fourth-order valence-electron chi connectivity index (χ4n) is 1.79. The zero-order valence-electron chi connectivity index (χ0n) is 10.8. The molecule has 0 spiro atoms. The summed E-state index contributed by atoms with van der Waals surface area (Å²) >= 11 is 0. The average molecular weight is 259 g/mol. The number of carbonyl (C=O) groups is 1. The minimum Gasteiger partial charge on any atom is -0.494 e. The van der Waals surface area contributed by atoms with Gasteiger partial charge in [0, 0.05) is 11.8 Å². The number of ketones is 1. The molecule has 1 aromatic heterocycles. The first-order valence-corrected chi connectivity index (χ1v) is 5.89. The van der Waals surface area contributed by atoms with Crippen LogP contribution >= 0.6 is 0 Å². The van der Waals surface area contributed by atoms with Crippen LogP contribution in [0.2, 0.25) is 0 Å². The molecule has 98 valence electrons. The summed E-state index contributed by atoms with van der Waals surface area (Å²) in [5.41, 5.74) is 2.11. The van der Waals surface area contributed by atoms with Crippen molar-refractivity contribution in [1.82, 2.24) is 4.98 Å². The van der Waals surface area contributed by atoms with E-state index in [1.165, 1.54) is 25.3 Å². The maximum atomic E-state index is 13.3. The molecule has 0 N–H and O–H groups in total. The van der Waals surface area contributed by atoms with Crippen molar-refractivity contribution < 1.29 is 13.9 Å². The van der Waals surface area contributed by atoms with Gasteiger partial charge in [-0.2, -0.15) is 0 Å². The fourth-order valence-corrected chi connectivity index (χ4v) is 1.79. The van der Waals surface area contributed by atoms with E-state index in [0.29, 0.717) is 5.56 Å². The zero-order valence-corrected chi connectivity index (χ0v) is 10.8. The molecule has 0 radical (unpaired) electrons. The standard InChI is InChI=1S/C15H14FNO2/c1-10-4-3-7-17-13(10)9-14(18)11-5-6-12(16)15(8-11)19-2/h3-8H,9H2,1-2H3. The van der Waals surface area contributed by atoms with Crippen LogP contribution in [0.15, 0.2) is 36.5 Å². The van der Waals surface area contributed by atoms with E-state index in [4.69, 9.17) is 4.74 Å². The first-order chi connectivity index (χ1) is 9.11. The molecular formula is C15H14FNO2. The highest BCUT2D eigenvalue weighted by atomic mass is 19.1. The second kappa shape index (κ2) is 5.61. The summed E-state index contributed by atoms with van der Waals surface area (Å²) in [5, 5.41) is 0. The van der Waals surface area contributed by atoms with E-state index in [1.54, 1.807) is 6.20 Å². The van der Waals surface area contributed by atoms with Gasteiger partial charge in [0.2, 0.25) is 0 Å². The summed E-state index contributed by atoms with van der Waals surface area (Å²) in [5.74, 6) is -0.517. The molecule has 0 fully saturated rings. The molecule has 2 aromatic rings. The number of ether oxygens (including phenoxy) is 1. The number of hydrogen-bond donors (Lipinski definition) is 0. The van der Waals surface area contributed by atoms with Gasteiger partial charge in [-0.15, -0.1) is 0 Å². The molecule has 0 unspecified atom stereocenters. The lowest BCUT2D eigenvalue weighted by atomic mass is 10.0. The van der Waals surface area contributed by atoms with Crippen LogP contribution in [0.25, 0.3) is 0 Å². The SMILES string of the molecule is COc1cc(C(=O)Cc2ncccc2C)ccc1F. The van der Waals surface area contributed by atoms with E-state index in [0.717, 1.165) is 11.3 Å². The molecule has 1 aromatic carbocycles. The van der Waals surface area contributed by atoms with Gasteiger partial charge in [0.15, 0.2) is 17.3 Å². The van der Waals surface area contributed by atoms with Gasteiger partial charge in [-0.05, 0) is 36.8 Å². The van der Waals surface area contributed by atoms with Crippen molar-refractivity contribution in [3.63, 3.8) is 0 Å². The summed E-state index contributed by atoms with van der Waals surface area (Å²) in [4.78, 5) is 16.3. The number of rotatable bonds is 4. The Morgan fingerprint density at radius 1 is 1.37 bits per heavy atom. The van der Waals surface area contributed by atoms with Crippen molar-refractivity contribution in [3.8, 4) is 5.75 Å². The quantitative estimate of drug-likeness (QED) is 0.792. The number of methoxy groups -OCH3 is 1. The normalized spacial score (nSPS) is 10.3. The number of carbonyl (C=O) groups excluding carboxylic acids is 1. The maximum absolute atomic E-state index is 13.3. The van der Waals surface area contributed by atoms with Gasteiger partial charge in [0.25, 0.3) is 0 Å². The van der Waals surface area contributed by atoms with Crippen LogP contribution in [0, 0.1) is 12.7 Å². The van der Waals surface area contributed by atoms with Crippen LogP contribution in [0.1, 0.15) is 21.6 Å². The van der Waals surface area contributed by atoms with Crippen LogP contribution in [-0.2, 0) is 6.42 Å². The van der Waals surface area contributed by atoms with Gasteiger partial charge in [-0.25, -0.2) is 4.39 Å². The van der Waals surface area contributed by atoms with Crippen LogP contribution in [0.3, 0.4) is 0 Å². The number of aryl methyl sites for hydroxylation is 1. The molecule has 0 bridgehead atoms. The van der Waals surface area contributed by atoms with E-state index in [9.17, 15) is 9.18 Å². The lowest BCUT2D eigenvalue weighted by molar-refractivity contribution is 0.0991. The molecule has 0 amide bonds. The largest absolute Gasteiger partial charge is 0.494 e. The summed E-state index contributed by atoms with van der Waals surface area (Å²) in [6, 6.07) is 7.83. The second-order valence-corrected chi connectivity index (χ2v) is 4.22. The van der Waals surface area contributed by atoms with Crippen molar-refractivity contribution >= 4 is 5.78 Å². The Morgan fingerprint density at radius 2 is 2.16 bits per heavy atom. The van der Waals surface area contributed by atoms with Crippen molar-refractivity contribution in [3.05, 3.63) is 59.2 Å². The highest BCUT2D eigenvalue weighted by Gasteiger charge is 2.12. The van der Waals surface area contributed by atoms with Crippen LogP contribution in [-0.4, -0.2) is 17.9 Å². The fraction of sp³-hybridized carbons (Fsp3) is 0.200. The molecular weight excluding hydrogens is 245 g/mol. The Bertz CT molecular complexity index is 611. The van der Waals surface area contributed by atoms with Gasteiger partial charge >= 0.3 is 0 Å². The minimum absolute atomic E-state index is 0.0728. The molecule has 0 aliphatic rings. The Morgan fingerprint density at radius 3 is 2.84 bits per heavy atom. The number of Topliss-reactive ketones (excluding diaryl/α,β-unsaturated/α-hetero) is 1. The molecule has 4 heteroatoms. The lowest BCUT2D eigenvalue weighted by Crippen LogP contribution is -2.07. The summed E-state index contributed by atoms with van der Waals surface area (Å²) in [7, 11) is 1.37. The van der Waals surface area contributed by atoms with Gasteiger partial charge in [-0.1, -0.05) is 6.07 Å². The van der Waals surface area contributed by atoms with E-state index in [-0.39, 0.29) is 18.0 Å². The van der Waals surface area contributed by atoms with Gasteiger partial charge in [-0.3, -0.25) is 9.78 Å². The van der Waals surface area contributed by atoms with E-state index < -0.39 is 5.82 Å². The minimum atomic E-state index is -0.479. The molecule has 1 heterocycles. The molecule has 0 saturated carbocycles. The second-order valence-electron chi connectivity index (χ2n) is 4.22. The molecule has 19 heavy (non-hydrogen) atoms. The smallest absolute Gasteiger partial charge is 0.168 e. The van der Waals surface area contributed by atoms with Gasteiger partial charge < -0.3 is 4.74 Å². The first-order valence-electron chi connectivity index (χ1n) is 5.89. The molecule has 2 rings (SSSR count). The molecule has 0 aliphatic carbocycles. The molecule has 0 aliphatic heterocycles. The van der Waals surface area contributed by atoms with Crippen LogP contribution in [0.4, 0.5) is 4.39 Å². The summed E-state index contributed by atoms with van der Waals surface area (Å²) in [6.45, 7) is 1.90. The number of aromatic nitrogens is 1. The Hall–Kier alpha value is -2.23. The van der Waals surface area contributed by atoms with Crippen LogP contribution in [0.5, 0.6) is 5.75 Å². The number of nitrogens with zero attached hydrogens (tertiary/aromatic N) is 1. The van der Waals surface area contributed by atoms with Crippen molar-refractivity contribution in [2.24, 2.45) is 0 Å². The summed E-state index contributed by atoms with van der Waals surface area (Å²) < 4.78 is 18.1. The lowest BCUT2D eigenvalue weighted by Gasteiger charge is -2.06. The summed E-state index contributed by atoms with van der Waals surface area (Å²) in [6.07, 6.45) is 1.85. The van der Waals surface area contributed by atoms with Crippen molar-refractivity contribution in [2.45, 2.75) is 13.3 Å². The topological polar surface area (TPSA) is 39.2 Å². The number of halogens is 1. The average Bonchev–Trinajstić information content (AvgIpc) is 2.42. The third-order valence-electron chi connectivity index (χ3n) is 2.92. The molecule has 0 saturated heterocycles. The third kappa shape index (κ3) is 2.96. The Labute approximate surface area is 111 Å². The predicted molar refractivity (Wildman–Crippen MR) is 70.0 cm³/mol. The van der Waals surface area contributed by atoms with Crippen molar-refractivity contribution in [2.75, 3.05) is 7.11 Å². The third-order valence-corrected chi connectivity index (χ3v) is 2.92. The Balaban J connectivity index is 2.23.